The zero-order valence-corrected chi connectivity index (χ0v) is 11.7. The summed E-state index contributed by atoms with van der Waals surface area (Å²) < 4.78 is 31.8. The van der Waals surface area contributed by atoms with Crippen LogP contribution in [-0.4, -0.2) is 14.9 Å². The number of hydrogen-bond donors (Lipinski definition) is 0. The van der Waals surface area contributed by atoms with E-state index in [1.807, 2.05) is 6.92 Å². The smallest absolute Gasteiger partial charge is 0.186 e. The lowest BCUT2D eigenvalue weighted by atomic mass is 10.1. The van der Waals surface area contributed by atoms with Crippen LogP contribution in [-0.2, 0) is 10.8 Å². The summed E-state index contributed by atoms with van der Waals surface area (Å²) in [5.41, 5.74) is 0.590. The van der Waals surface area contributed by atoms with Gasteiger partial charge in [0.1, 0.15) is 11.6 Å². The molecule has 0 unspecified atom stereocenters. The van der Waals surface area contributed by atoms with Crippen LogP contribution in [0.4, 0.5) is 8.78 Å². The largest absolute Gasteiger partial charge is 0.418 e. The van der Waals surface area contributed by atoms with Crippen LogP contribution in [0.15, 0.2) is 18.2 Å². The highest BCUT2D eigenvalue weighted by atomic mass is 28.4. The van der Waals surface area contributed by atoms with E-state index in [9.17, 15) is 8.78 Å². The van der Waals surface area contributed by atoms with Crippen molar-refractivity contribution in [2.24, 2.45) is 0 Å². The normalized spacial score (nSPS) is 11.8. The van der Waals surface area contributed by atoms with Gasteiger partial charge in [-0.05, 0) is 50.5 Å². The van der Waals surface area contributed by atoms with Gasteiger partial charge in [-0.25, -0.2) is 8.78 Å². The minimum Gasteiger partial charge on any atom is -0.418 e. The molecular weight excluding hydrogens is 238 g/mol. The van der Waals surface area contributed by atoms with Gasteiger partial charge in [0.2, 0.25) is 0 Å². The van der Waals surface area contributed by atoms with Crippen molar-refractivity contribution in [3.8, 4) is 0 Å². The van der Waals surface area contributed by atoms with E-state index >= 15 is 0 Å². The van der Waals surface area contributed by atoms with Crippen molar-refractivity contribution in [2.45, 2.75) is 38.9 Å². The Kier molecular flexibility index (Phi) is 5.27. The van der Waals surface area contributed by atoms with Crippen molar-refractivity contribution < 1.29 is 13.2 Å². The van der Waals surface area contributed by atoms with Crippen molar-refractivity contribution in [1.29, 1.82) is 0 Å². The van der Waals surface area contributed by atoms with Crippen LogP contribution in [0.25, 0.3) is 0 Å². The number of halogens is 2. The zero-order valence-electron chi connectivity index (χ0n) is 10.7. The molecule has 1 aromatic rings. The average Bonchev–Trinajstić information content (AvgIpc) is 2.21. The molecule has 0 aliphatic heterocycles. The third kappa shape index (κ3) is 4.96. The summed E-state index contributed by atoms with van der Waals surface area (Å²) in [5, 5.41) is 0. The third-order valence-electron chi connectivity index (χ3n) is 2.78. The van der Waals surface area contributed by atoms with Crippen molar-refractivity contribution in [3.63, 3.8) is 0 Å². The van der Waals surface area contributed by atoms with Gasteiger partial charge in [-0.15, -0.1) is 0 Å². The summed E-state index contributed by atoms with van der Waals surface area (Å²) in [6.07, 6.45) is 1.54. The second kappa shape index (κ2) is 6.26. The molecule has 0 bridgehead atoms. The Hall–Kier alpha value is -0.743. The Labute approximate surface area is 103 Å². The number of hydrogen-bond acceptors (Lipinski definition) is 1. The van der Waals surface area contributed by atoms with Crippen LogP contribution in [0.3, 0.4) is 0 Å². The minimum atomic E-state index is -1.58. The Morgan fingerprint density at radius 2 is 1.94 bits per heavy atom. The number of aryl methyl sites for hydroxylation is 1. The average molecular weight is 258 g/mol. The maximum absolute atomic E-state index is 13.4. The minimum absolute atomic E-state index is 0.444. The van der Waals surface area contributed by atoms with E-state index < -0.39 is 20.0 Å². The number of benzene rings is 1. The van der Waals surface area contributed by atoms with Gasteiger partial charge in [-0.3, -0.25) is 0 Å². The lowest BCUT2D eigenvalue weighted by Crippen LogP contribution is -2.30. The summed E-state index contributed by atoms with van der Waals surface area (Å²) in [7, 11) is -1.58. The molecular formula is C13H20F2OSi. The highest BCUT2D eigenvalue weighted by Crippen LogP contribution is 2.18. The Balaban J connectivity index is 2.46. The fourth-order valence-electron chi connectivity index (χ4n) is 1.89. The van der Waals surface area contributed by atoms with E-state index in [2.05, 4.69) is 13.1 Å². The Bertz CT molecular complexity index is 366. The van der Waals surface area contributed by atoms with Crippen molar-refractivity contribution in [1.82, 2.24) is 0 Å². The maximum Gasteiger partial charge on any atom is 0.186 e. The van der Waals surface area contributed by atoms with Gasteiger partial charge in [-0.2, -0.15) is 0 Å². The molecule has 1 aromatic carbocycles. The van der Waals surface area contributed by atoms with Gasteiger partial charge in [-0.1, -0.05) is 6.07 Å². The summed E-state index contributed by atoms with van der Waals surface area (Å²) in [6, 6.07) is 4.78. The molecule has 0 saturated carbocycles. The predicted molar refractivity (Wildman–Crippen MR) is 68.6 cm³/mol. The molecule has 0 aromatic heterocycles. The molecule has 1 nitrogen and oxygen atoms in total. The first kappa shape index (κ1) is 14.3. The van der Waals surface area contributed by atoms with Crippen LogP contribution in [0.5, 0.6) is 0 Å². The predicted octanol–water partition coefficient (Wildman–Crippen LogP) is 4.14. The van der Waals surface area contributed by atoms with E-state index in [0.717, 1.165) is 25.1 Å². The first-order valence-electron chi connectivity index (χ1n) is 6.02. The fraction of sp³-hybridized carbons (Fsp3) is 0.538. The number of rotatable bonds is 6. The molecule has 0 fully saturated rings. The lowest BCUT2D eigenvalue weighted by Gasteiger charge is -2.21. The van der Waals surface area contributed by atoms with Gasteiger partial charge in [0.05, 0.1) is 0 Å². The molecule has 0 saturated heterocycles. The second-order valence-electron chi connectivity index (χ2n) is 4.78. The summed E-state index contributed by atoms with van der Waals surface area (Å²) >= 11 is 0. The topological polar surface area (TPSA) is 9.23 Å². The van der Waals surface area contributed by atoms with Crippen molar-refractivity contribution in [3.05, 3.63) is 35.4 Å². The van der Waals surface area contributed by atoms with E-state index in [0.29, 0.717) is 12.0 Å². The molecule has 0 aliphatic rings. The van der Waals surface area contributed by atoms with Gasteiger partial charge >= 0.3 is 0 Å². The van der Waals surface area contributed by atoms with Crippen LogP contribution in [0.2, 0.25) is 19.1 Å². The molecule has 4 heteroatoms. The highest BCUT2D eigenvalue weighted by molar-refractivity contribution is 6.71. The van der Waals surface area contributed by atoms with Crippen molar-refractivity contribution >= 4 is 8.32 Å². The lowest BCUT2D eigenvalue weighted by molar-refractivity contribution is 0.328. The molecule has 0 aliphatic carbocycles. The summed E-state index contributed by atoms with van der Waals surface area (Å²) in [6.45, 7) is 7.06. The second-order valence-corrected chi connectivity index (χ2v) is 9.09. The summed E-state index contributed by atoms with van der Waals surface area (Å²) in [5.74, 6) is -0.962. The van der Waals surface area contributed by atoms with Crippen molar-refractivity contribution in [2.75, 3.05) is 6.61 Å². The van der Waals surface area contributed by atoms with Crippen LogP contribution >= 0.6 is 0 Å². The first-order valence-corrected chi connectivity index (χ1v) is 9.14. The monoisotopic (exact) mass is 258 g/mol. The molecule has 0 spiro atoms. The van der Waals surface area contributed by atoms with E-state index in [1.165, 1.54) is 12.1 Å². The molecule has 0 atom stereocenters. The van der Waals surface area contributed by atoms with Gasteiger partial charge < -0.3 is 4.43 Å². The van der Waals surface area contributed by atoms with Gasteiger partial charge in [0, 0.05) is 12.7 Å². The first-order chi connectivity index (χ1) is 7.94. The van der Waals surface area contributed by atoms with Crippen LogP contribution in [0.1, 0.15) is 18.9 Å². The van der Waals surface area contributed by atoms with E-state index in [4.69, 9.17) is 4.43 Å². The maximum atomic E-state index is 13.4. The Morgan fingerprint density at radius 1 is 1.24 bits per heavy atom. The van der Waals surface area contributed by atoms with Gasteiger partial charge in [0.25, 0.3) is 0 Å². The molecule has 0 heterocycles. The molecule has 0 amide bonds. The fourth-order valence-corrected chi connectivity index (χ4v) is 3.85. The molecule has 17 heavy (non-hydrogen) atoms. The van der Waals surface area contributed by atoms with Crippen LogP contribution < -0.4 is 0 Å². The van der Waals surface area contributed by atoms with E-state index in [-0.39, 0.29) is 0 Å². The molecule has 1 rings (SSSR count). The summed E-state index contributed by atoms with van der Waals surface area (Å²) in [4.78, 5) is 0. The highest BCUT2D eigenvalue weighted by Gasteiger charge is 2.21. The standard InChI is InChI=1S/C13H20F2OSi/c1-4-16-17(2,3)9-5-6-11-7-8-12(14)10-13(11)15/h7-8,10H,4-6,9H2,1-3H3. The van der Waals surface area contributed by atoms with Gasteiger partial charge in [0.15, 0.2) is 8.32 Å². The SMILES string of the molecule is CCO[Si](C)(C)CCCc1ccc(F)cc1F. The third-order valence-corrected chi connectivity index (χ3v) is 5.40. The zero-order chi connectivity index (χ0) is 12.9. The molecule has 0 radical (unpaired) electrons. The molecule has 0 N–H and O–H groups in total. The quantitative estimate of drug-likeness (QED) is 0.697. The molecule has 96 valence electrons. The van der Waals surface area contributed by atoms with Crippen LogP contribution in [0, 0.1) is 11.6 Å². The van der Waals surface area contributed by atoms with E-state index in [1.54, 1.807) is 0 Å². The Morgan fingerprint density at radius 3 is 2.53 bits per heavy atom.